The Balaban J connectivity index is 0.00000242. The molecule has 1 amide bonds. The Bertz CT molecular complexity index is 468. The van der Waals surface area contributed by atoms with Crippen molar-refractivity contribution in [1.29, 1.82) is 0 Å². The summed E-state index contributed by atoms with van der Waals surface area (Å²) in [7, 11) is 1.88. The van der Waals surface area contributed by atoms with Gasteiger partial charge in [0.05, 0.1) is 12.2 Å². The van der Waals surface area contributed by atoms with E-state index in [0.29, 0.717) is 0 Å². The van der Waals surface area contributed by atoms with Crippen LogP contribution < -0.4 is 5.32 Å². The van der Waals surface area contributed by atoms with Crippen molar-refractivity contribution in [3.05, 3.63) is 17.3 Å². The van der Waals surface area contributed by atoms with Crippen LogP contribution in [0.25, 0.3) is 0 Å². The third-order valence-corrected chi connectivity index (χ3v) is 4.05. The third kappa shape index (κ3) is 5.95. The van der Waals surface area contributed by atoms with Gasteiger partial charge in [0.2, 0.25) is 11.8 Å². The number of hydrogen-bond donors (Lipinski definition) is 1. The highest BCUT2D eigenvalue weighted by Gasteiger charge is 2.25. The average Bonchev–Trinajstić information content (AvgIpc) is 2.77. The van der Waals surface area contributed by atoms with Gasteiger partial charge in [0.15, 0.2) is 0 Å². The topological polar surface area (TPSA) is 61.6 Å². The van der Waals surface area contributed by atoms with Gasteiger partial charge in [-0.25, -0.2) is 4.98 Å². The molecule has 2 rings (SSSR count). The number of oxazole rings is 1. The van der Waals surface area contributed by atoms with Gasteiger partial charge in [-0.3, -0.25) is 9.69 Å². The molecule has 1 aromatic heterocycles. The quantitative estimate of drug-likeness (QED) is 0.857. The maximum absolute atomic E-state index is 12.2. The van der Waals surface area contributed by atoms with E-state index in [2.05, 4.69) is 15.2 Å². The summed E-state index contributed by atoms with van der Waals surface area (Å²) in [6.45, 7) is 10.6. The number of nitrogens with one attached hydrogen (secondary N) is 1. The molecule has 0 aliphatic carbocycles. The van der Waals surface area contributed by atoms with E-state index in [9.17, 15) is 4.79 Å². The van der Waals surface area contributed by atoms with E-state index in [1.165, 1.54) is 0 Å². The molecular weight excluding hydrogens is 339 g/mol. The lowest BCUT2D eigenvalue weighted by Gasteiger charge is -2.35. The molecule has 1 aromatic rings. The molecule has 1 aliphatic rings. The zero-order valence-electron chi connectivity index (χ0n) is 14.3. The number of aromatic nitrogens is 1. The molecule has 23 heavy (non-hydrogen) atoms. The molecule has 0 bridgehead atoms. The van der Waals surface area contributed by atoms with Crippen LogP contribution in [0.3, 0.4) is 0 Å². The second-order valence-corrected chi connectivity index (χ2v) is 5.81. The number of hydrogen-bond acceptors (Lipinski definition) is 5. The van der Waals surface area contributed by atoms with Crippen LogP contribution in [0.4, 0.5) is 0 Å². The van der Waals surface area contributed by atoms with Crippen molar-refractivity contribution in [2.45, 2.75) is 27.3 Å². The van der Waals surface area contributed by atoms with Crippen LogP contribution in [-0.2, 0) is 11.3 Å². The van der Waals surface area contributed by atoms with Crippen LogP contribution in [-0.4, -0.2) is 60.5 Å². The lowest BCUT2D eigenvalue weighted by Crippen LogP contribution is -2.50. The minimum absolute atomic E-state index is 0. The van der Waals surface area contributed by atoms with Gasteiger partial charge < -0.3 is 14.6 Å². The Morgan fingerprint density at radius 2 is 1.87 bits per heavy atom. The predicted octanol–water partition coefficient (Wildman–Crippen LogP) is 1.63. The second kappa shape index (κ2) is 10.1. The maximum Gasteiger partial charge on any atom is 0.226 e. The van der Waals surface area contributed by atoms with Crippen LogP contribution in [0.5, 0.6) is 0 Å². The zero-order chi connectivity index (χ0) is 15.4. The Morgan fingerprint density at radius 1 is 1.26 bits per heavy atom. The van der Waals surface area contributed by atoms with Gasteiger partial charge in [-0.05, 0) is 20.9 Å². The minimum Gasteiger partial charge on any atom is -0.444 e. The van der Waals surface area contributed by atoms with Crippen molar-refractivity contribution in [3.63, 3.8) is 0 Å². The lowest BCUT2D eigenvalue weighted by molar-refractivity contribution is -0.136. The van der Waals surface area contributed by atoms with Crippen LogP contribution >= 0.6 is 24.8 Å². The highest BCUT2D eigenvalue weighted by molar-refractivity contribution is 5.85. The first kappa shape index (κ1) is 22.2. The monoisotopic (exact) mass is 366 g/mol. The highest BCUT2D eigenvalue weighted by atomic mass is 35.5. The molecule has 1 unspecified atom stereocenters. The number of amides is 1. The first-order chi connectivity index (χ1) is 10.0. The van der Waals surface area contributed by atoms with Crippen molar-refractivity contribution in [2.24, 2.45) is 5.92 Å². The van der Waals surface area contributed by atoms with Crippen molar-refractivity contribution >= 4 is 30.7 Å². The summed E-state index contributed by atoms with van der Waals surface area (Å²) >= 11 is 0. The summed E-state index contributed by atoms with van der Waals surface area (Å²) < 4.78 is 5.62. The van der Waals surface area contributed by atoms with E-state index in [-0.39, 0.29) is 36.6 Å². The Kier molecular flexibility index (Phi) is 9.77. The summed E-state index contributed by atoms with van der Waals surface area (Å²) in [6.07, 6.45) is 0. The largest absolute Gasteiger partial charge is 0.444 e. The molecule has 0 spiro atoms. The molecule has 1 N–H and O–H groups in total. The Labute approximate surface area is 150 Å². The van der Waals surface area contributed by atoms with Crippen molar-refractivity contribution in [2.75, 3.05) is 39.8 Å². The predicted molar refractivity (Wildman–Crippen MR) is 95.4 cm³/mol. The van der Waals surface area contributed by atoms with Gasteiger partial charge in [-0.1, -0.05) is 6.92 Å². The fourth-order valence-corrected chi connectivity index (χ4v) is 2.63. The molecule has 0 aromatic carbocycles. The molecular formula is C15H28Cl2N4O2. The van der Waals surface area contributed by atoms with E-state index in [1.807, 2.05) is 32.7 Å². The number of halogens is 2. The van der Waals surface area contributed by atoms with E-state index in [0.717, 1.165) is 56.6 Å². The third-order valence-electron chi connectivity index (χ3n) is 4.05. The fraction of sp³-hybridized carbons (Fsp3) is 0.733. The molecule has 1 fully saturated rings. The number of carbonyl (C=O) groups excluding carboxylic acids is 1. The van der Waals surface area contributed by atoms with Gasteiger partial charge in [0.1, 0.15) is 5.76 Å². The smallest absolute Gasteiger partial charge is 0.226 e. The van der Waals surface area contributed by atoms with E-state index < -0.39 is 0 Å². The second-order valence-electron chi connectivity index (χ2n) is 5.81. The SMILES string of the molecule is CNCC(C)C(=O)N1CCN(Cc2nc(C)c(C)o2)CC1.Cl.Cl. The summed E-state index contributed by atoms with van der Waals surface area (Å²) in [5, 5.41) is 3.06. The van der Waals surface area contributed by atoms with E-state index in [1.54, 1.807) is 0 Å². The first-order valence-corrected chi connectivity index (χ1v) is 7.60. The van der Waals surface area contributed by atoms with E-state index >= 15 is 0 Å². The Hall–Kier alpha value is -0.820. The van der Waals surface area contributed by atoms with Crippen LogP contribution in [0, 0.1) is 19.8 Å². The normalized spacial score (nSPS) is 16.4. The lowest BCUT2D eigenvalue weighted by atomic mass is 10.1. The van der Waals surface area contributed by atoms with Gasteiger partial charge in [-0.2, -0.15) is 0 Å². The number of aryl methyl sites for hydroxylation is 2. The molecule has 1 saturated heterocycles. The van der Waals surface area contributed by atoms with Crippen molar-refractivity contribution in [1.82, 2.24) is 20.1 Å². The highest BCUT2D eigenvalue weighted by Crippen LogP contribution is 2.13. The minimum atomic E-state index is 0. The molecule has 8 heteroatoms. The molecule has 2 heterocycles. The summed E-state index contributed by atoms with van der Waals surface area (Å²) in [5.74, 6) is 1.94. The summed E-state index contributed by atoms with van der Waals surface area (Å²) in [6, 6.07) is 0. The maximum atomic E-state index is 12.2. The van der Waals surface area contributed by atoms with Crippen LogP contribution in [0.15, 0.2) is 4.42 Å². The number of carbonyl (C=O) groups is 1. The van der Waals surface area contributed by atoms with Gasteiger partial charge >= 0.3 is 0 Å². The van der Waals surface area contributed by atoms with Crippen molar-refractivity contribution < 1.29 is 9.21 Å². The molecule has 1 atom stereocenters. The van der Waals surface area contributed by atoms with Crippen molar-refractivity contribution in [3.8, 4) is 0 Å². The van der Waals surface area contributed by atoms with Gasteiger partial charge in [-0.15, -0.1) is 24.8 Å². The molecule has 1 aliphatic heterocycles. The number of nitrogens with zero attached hydrogens (tertiary/aromatic N) is 3. The Morgan fingerprint density at radius 3 is 2.35 bits per heavy atom. The zero-order valence-corrected chi connectivity index (χ0v) is 15.9. The first-order valence-electron chi connectivity index (χ1n) is 7.60. The average molecular weight is 367 g/mol. The number of piperazine rings is 1. The van der Waals surface area contributed by atoms with Gasteiger partial charge in [0, 0.05) is 38.6 Å². The standard InChI is InChI=1S/C15H26N4O2.2ClH/c1-11(9-16-4)15(20)19-7-5-18(6-8-19)10-14-17-12(2)13(3)21-14;;/h11,16H,5-10H2,1-4H3;2*1H. The van der Waals surface area contributed by atoms with Gasteiger partial charge in [0.25, 0.3) is 0 Å². The number of rotatable bonds is 5. The molecule has 0 radical (unpaired) electrons. The van der Waals surface area contributed by atoms with Crippen LogP contribution in [0.1, 0.15) is 24.3 Å². The fourth-order valence-electron chi connectivity index (χ4n) is 2.63. The van der Waals surface area contributed by atoms with Crippen LogP contribution in [0.2, 0.25) is 0 Å². The molecule has 6 nitrogen and oxygen atoms in total. The van der Waals surface area contributed by atoms with E-state index in [4.69, 9.17) is 4.42 Å². The molecule has 134 valence electrons. The molecule has 0 saturated carbocycles. The summed E-state index contributed by atoms with van der Waals surface area (Å²) in [4.78, 5) is 20.9. The summed E-state index contributed by atoms with van der Waals surface area (Å²) in [5.41, 5.74) is 0.958.